The van der Waals surface area contributed by atoms with Crippen LogP contribution in [0, 0.1) is 0 Å². The molecule has 0 spiro atoms. The fourth-order valence-corrected chi connectivity index (χ4v) is 2.48. The third-order valence-electron chi connectivity index (χ3n) is 2.86. The molecular weight excluding hydrogens is 344 g/mol. The fraction of sp³-hybridized carbons (Fsp3) is 0.286. The molecule has 0 N–H and O–H groups in total. The molecule has 0 amide bonds. The summed E-state index contributed by atoms with van der Waals surface area (Å²) in [6.07, 6.45) is 1.49. The number of aromatic nitrogens is 2. The van der Waals surface area contributed by atoms with Crippen LogP contribution in [0.3, 0.4) is 0 Å². The summed E-state index contributed by atoms with van der Waals surface area (Å²) >= 11 is 9.46. The van der Waals surface area contributed by atoms with Gasteiger partial charge in [0, 0.05) is 10.5 Å². The predicted molar refractivity (Wildman–Crippen MR) is 81.7 cm³/mol. The average molecular weight is 358 g/mol. The molecular formula is C14H14BrClN2O2. The largest absolute Gasteiger partial charge is 0.496 e. The van der Waals surface area contributed by atoms with E-state index in [1.54, 1.807) is 22.9 Å². The van der Waals surface area contributed by atoms with E-state index in [9.17, 15) is 4.79 Å². The van der Waals surface area contributed by atoms with Crippen molar-refractivity contribution in [3.8, 4) is 5.75 Å². The van der Waals surface area contributed by atoms with Crippen molar-refractivity contribution in [2.24, 2.45) is 0 Å². The van der Waals surface area contributed by atoms with E-state index >= 15 is 0 Å². The van der Waals surface area contributed by atoms with Gasteiger partial charge in [-0.05, 0) is 32.0 Å². The van der Waals surface area contributed by atoms with Crippen molar-refractivity contribution in [1.29, 1.82) is 0 Å². The third-order valence-corrected chi connectivity index (χ3v) is 3.63. The molecule has 4 nitrogen and oxygen atoms in total. The molecule has 0 bridgehead atoms. The van der Waals surface area contributed by atoms with E-state index in [1.165, 1.54) is 13.3 Å². The highest BCUT2D eigenvalue weighted by Crippen LogP contribution is 2.29. The maximum absolute atomic E-state index is 12.7. The number of halogens is 2. The lowest BCUT2D eigenvalue weighted by molar-refractivity contribution is 0.102. The molecule has 106 valence electrons. The smallest absolute Gasteiger partial charge is 0.216 e. The fourth-order valence-electron chi connectivity index (χ4n) is 1.93. The van der Waals surface area contributed by atoms with Gasteiger partial charge in [-0.3, -0.25) is 9.48 Å². The maximum atomic E-state index is 12.7. The van der Waals surface area contributed by atoms with Crippen LogP contribution in [0.2, 0.25) is 5.02 Å². The highest BCUT2D eigenvalue weighted by Gasteiger charge is 2.23. The first kappa shape index (κ1) is 15.1. The Bertz CT molecular complexity index is 653. The van der Waals surface area contributed by atoms with E-state index in [2.05, 4.69) is 21.0 Å². The Morgan fingerprint density at radius 1 is 1.45 bits per heavy atom. The van der Waals surface area contributed by atoms with Crippen LogP contribution in [0.1, 0.15) is 35.9 Å². The number of rotatable bonds is 4. The number of benzene rings is 1. The van der Waals surface area contributed by atoms with Crippen molar-refractivity contribution < 1.29 is 9.53 Å². The molecule has 0 radical (unpaired) electrons. The molecule has 0 aliphatic carbocycles. The zero-order valence-corrected chi connectivity index (χ0v) is 13.7. The van der Waals surface area contributed by atoms with Gasteiger partial charge in [0.25, 0.3) is 0 Å². The Balaban J connectivity index is 2.55. The van der Waals surface area contributed by atoms with Crippen LogP contribution in [0.5, 0.6) is 5.75 Å². The number of carbonyl (C=O) groups excluding carboxylic acids is 1. The van der Waals surface area contributed by atoms with Gasteiger partial charge in [0.1, 0.15) is 11.4 Å². The van der Waals surface area contributed by atoms with Crippen molar-refractivity contribution in [3.63, 3.8) is 0 Å². The highest BCUT2D eigenvalue weighted by molar-refractivity contribution is 9.10. The first-order valence-electron chi connectivity index (χ1n) is 6.07. The lowest BCUT2D eigenvalue weighted by Gasteiger charge is -2.12. The zero-order valence-electron chi connectivity index (χ0n) is 11.4. The Hall–Kier alpha value is -1.33. The van der Waals surface area contributed by atoms with Gasteiger partial charge in [0.15, 0.2) is 0 Å². The van der Waals surface area contributed by atoms with Crippen molar-refractivity contribution in [3.05, 3.63) is 45.1 Å². The molecule has 1 aromatic heterocycles. The number of methoxy groups -OCH3 is 1. The molecule has 0 saturated heterocycles. The predicted octanol–water partition coefficient (Wildman–Crippen LogP) is 4.12. The SMILES string of the molecule is COc1cc(Br)ccc1C(=O)c1c(Cl)cnn1C(C)C. The number of hydrogen-bond acceptors (Lipinski definition) is 3. The second-order valence-corrected chi connectivity index (χ2v) is 5.88. The Morgan fingerprint density at radius 3 is 2.75 bits per heavy atom. The Kier molecular flexibility index (Phi) is 4.50. The van der Waals surface area contributed by atoms with Crippen LogP contribution in [0.15, 0.2) is 28.9 Å². The lowest BCUT2D eigenvalue weighted by atomic mass is 10.1. The van der Waals surface area contributed by atoms with Crippen molar-refractivity contribution in [2.45, 2.75) is 19.9 Å². The van der Waals surface area contributed by atoms with Crippen molar-refractivity contribution >= 4 is 33.3 Å². The number of carbonyl (C=O) groups is 1. The van der Waals surface area contributed by atoms with E-state index < -0.39 is 0 Å². The molecule has 1 heterocycles. The summed E-state index contributed by atoms with van der Waals surface area (Å²) in [7, 11) is 1.53. The standard InChI is InChI=1S/C14H14BrClN2O2/c1-8(2)18-13(11(16)7-17-18)14(19)10-5-4-9(15)6-12(10)20-3/h4-8H,1-3H3. The molecule has 20 heavy (non-hydrogen) atoms. The number of nitrogens with zero attached hydrogens (tertiary/aromatic N) is 2. The second-order valence-electron chi connectivity index (χ2n) is 4.55. The molecule has 0 atom stereocenters. The van der Waals surface area contributed by atoms with Gasteiger partial charge in [-0.15, -0.1) is 0 Å². The quantitative estimate of drug-likeness (QED) is 0.773. The Labute approximate surface area is 130 Å². The first-order chi connectivity index (χ1) is 9.45. The number of ketones is 1. The molecule has 0 fully saturated rings. The Morgan fingerprint density at radius 2 is 2.15 bits per heavy atom. The minimum atomic E-state index is -0.203. The summed E-state index contributed by atoms with van der Waals surface area (Å²) in [5.41, 5.74) is 0.835. The van der Waals surface area contributed by atoms with Gasteiger partial charge >= 0.3 is 0 Å². The van der Waals surface area contributed by atoms with Crippen molar-refractivity contribution in [2.75, 3.05) is 7.11 Å². The first-order valence-corrected chi connectivity index (χ1v) is 7.24. The normalized spacial score (nSPS) is 10.9. The molecule has 0 aliphatic heterocycles. The van der Waals surface area contributed by atoms with E-state index in [1.807, 2.05) is 13.8 Å². The van der Waals surface area contributed by atoms with E-state index in [-0.39, 0.29) is 11.8 Å². The minimum absolute atomic E-state index is 0.0443. The maximum Gasteiger partial charge on any atom is 0.216 e. The molecule has 0 unspecified atom stereocenters. The van der Waals surface area contributed by atoms with Gasteiger partial charge in [-0.2, -0.15) is 5.10 Å². The van der Waals surface area contributed by atoms with Gasteiger partial charge in [0.2, 0.25) is 5.78 Å². The van der Waals surface area contributed by atoms with Crippen LogP contribution in [-0.2, 0) is 0 Å². The lowest BCUT2D eigenvalue weighted by Crippen LogP contribution is -2.14. The minimum Gasteiger partial charge on any atom is -0.496 e. The average Bonchev–Trinajstić information content (AvgIpc) is 2.79. The summed E-state index contributed by atoms with van der Waals surface area (Å²) in [6.45, 7) is 3.89. The second kappa shape index (κ2) is 5.97. The molecule has 6 heteroatoms. The number of hydrogen-bond donors (Lipinski definition) is 0. The summed E-state index contributed by atoms with van der Waals surface area (Å²) in [4.78, 5) is 12.7. The third kappa shape index (κ3) is 2.74. The van der Waals surface area contributed by atoms with Crippen LogP contribution in [0.25, 0.3) is 0 Å². The topological polar surface area (TPSA) is 44.1 Å². The monoisotopic (exact) mass is 356 g/mol. The summed E-state index contributed by atoms with van der Waals surface area (Å²) in [6, 6.07) is 5.29. The van der Waals surface area contributed by atoms with Gasteiger partial charge in [0.05, 0.1) is 23.9 Å². The molecule has 2 aromatic rings. The van der Waals surface area contributed by atoms with Crippen LogP contribution in [-0.4, -0.2) is 22.7 Å². The van der Waals surface area contributed by atoms with E-state index in [4.69, 9.17) is 16.3 Å². The van der Waals surface area contributed by atoms with Gasteiger partial charge in [-0.1, -0.05) is 27.5 Å². The van der Waals surface area contributed by atoms with Gasteiger partial charge < -0.3 is 4.74 Å². The zero-order chi connectivity index (χ0) is 14.9. The van der Waals surface area contributed by atoms with Crippen molar-refractivity contribution in [1.82, 2.24) is 9.78 Å². The molecule has 1 aromatic carbocycles. The van der Waals surface area contributed by atoms with E-state index in [0.29, 0.717) is 22.0 Å². The summed E-state index contributed by atoms with van der Waals surface area (Å²) < 4.78 is 7.72. The summed E-state index contributed by atoms with van der Waals surface area (Å²) in [5.74, 6) is 0.294. The van der Waals surface area contributed by atoms with Gasteiger partial charge in [-0.25, -0.2) is 0 Å². The van der Waals surface area contributed by atoms with Crippen LogP contribution >= 0.6 is 27.5 Å². The van der Waals surface area contributed by atoms with Crippen LogP contribution < -0.4 is 4.74 Å². The van der Waals surface area contributed by atoms with E-state index in [0.717, 1.165) is 4.47 Å². The molecule has 0 saturated carbocycles. The summed E-state index contributed by atoms with van der Waals surface area (Å²) in [5, 5.41) is 4.49. The molecule has 2 rings (SSSR count). The van der Waals surface area contributed by atoms with Crippen LogP contribution in [0.4, 0.5) is 0 Å². The highest BCUT2D eigenvalue weighted by atomic mass is 79.9. The molecule has 0 aliphatic rings. The number of ether oxygens (including phenoxy) is 1.